The van der Waals surface area contributed by atoms with Crippen molar-refractivity contribution in [3.05, 3.63) is 0 Å². The molecule has 0 unspecified atom stereocenters. The molecule has 1 aliphatic heterocycles. The predicted octanol–water partition coefficient (Wildman–Crippen LogP) is -6.39. The highest BCUT2D eigenvalue weighted by molar-refractivity contribution is 5.98. The lowest BCUT2D eigenvalue weighted by Gasteiger charge is -2.32. The van der Waals surface area contributed by atoms with Gasteiger partial charge in [0.1, 0.15) is 54.9 Å². The number of nitrogens with one attached hydrogen (secondary N) is 8. The summed E-state index contributed by atoms with van der Waals surface area (Å²) in [5.74, 6) is -8.98. The third-order valence-corrected chi connectivity index (χ3v) is 10.6. The number of rotatable bonds is 31. The van der Waals surface area contributed by atoms with Gasteiger partial charge in [0.2, 0.25) is 53.2 Å². The number of likely N-dealkylation sites (tertiary alicyclic amines) is 1. The minimum Gasteiger partial charge on any atom is -0.480 e. The Labute approximate surface area is 389 Å². The molecule has 1 rings (SSSR count). The minimum atomic E-state index is -1.74. The summed E-state index contributed by atoms with van der Waals surface area (Å²) in [6, 6.07) is -10.8. The highest BCUT2D eigenvalue weighted by atomic mass is 16.4. The van der Waals surface area contributed by atoms with Crippen LogP contribution < -0.4 is 59.7 Å². The van der Waals surface area contributed by atoms with E-state index in [1.165, 1.54) is 20.8 Å². The fourth-order valence-electron chi connectivity index (χ4n) is 6.83. The first kappa shape index (κ1) is 59.5. The molecule has 0 aromatic heterocycles. The molecule has 0 bridgehead atoms. The van der Waals surface area contributed by atoms with Gasteiger partial charge in [0.25, 0.3) is 0 Å². The van der Waals surface area contributed by atoms with Crippen LogP contribution in [-0.2, 0) is 47.9 Å². The topological polar surface area (TPSA) is 429 Å². The van der Waals surface area contributed by atoms with Gasteiger partial charge in [-0.15, -0.1) is 0 Å². The van der Waals surface area contributed by atoms with Crippen molar-refractivity contribution in [1.82, 2.24) is 47.4 Å². The van der Waals surface area contributed by atoms with Crippen LogP contribution in [0.25, 0.3) is 0 Å². The number of carbonyl (C=O) groups excluding carboxylic acids is 9. The second-order valence-electron chi connectivity index (χ2n) is 16.9. The van der Waals surface area contributed by atoms with Gasteiger partial charge in [-0.1, -0.05) is 13.8 Å². The van der Waals surface area contributed by atoms with Crippen LogP contribution in [0.15, 0.2) is 0 Å². The van der Waals surface area contributed by atoms with Gasteiger partial charge >= 0.3 is 5.97 Å². The van der Waals surface area contributed by atoms with Crippen LogP contribution in [0.1, 0.15) is 92.4 Å². The SMILES string of the molecule is CC(C)C[C@H](NC(=O)[C@H](CCCCN)NC(=O)[C@@H]1CCCN1C(=O)[C@@H](NC(=O)[C@@H](NC(=O)[C@H](CCCCN)NC(=O)[C@H](C)NC(=O)[C@@H](N)CO)[C@@H](C)O)[C@@H](C)O)C(=O)NCC(=O)NCC(=O)O. The van der Waals surface area contributed by atoms with Crippen molar-refractivity contribution < 1.29 is 68.4 Å². The van der Waals surface area contributed by atoms with Gasteiger partial charge in [0.05, 0.1) is 25.4 Å². The van der Waals surface area contributed by atoms with E-state index in [2.05, 4.69) is 42.5 Å². The number of nitrogens with two attached hydrogens (primary N) is 3. The molecular weight excluding hydrogens is 885 g/mol. The summed E-state index contributed by atoms with van der Waals surface area (Å²) in [5, 5.41) is 58.7. The van der Waals surface area contributed by atoms with E-state index in [-0.39, 0.29) is 51.2 Å². The second kappa shape index (κ2) is 30.7. The maximum absolute atomic E-state index is 14.1. The Hall–Kier alpha value is -5.54. The lowest BCUT2D eigenvalue weighted by atomic mass is 10.0. The van der Waals surface area contributed by atoms with E-state index >= 15 is 0 Å². The third kappa shape index (κ3) is 21.3. The average molecular weight is 959 g/mol. The van der Waals surface area contributed by atoms with Crippen LogP contribution >= 0.6 is 0 Å². The minimum absolute atomic E-state index is 0.00226. The number of carboxylic acid groups (broad SMARTS) is 1. The van der Waals surface area contributed by atoms with E-state index < -0.39 is 139 Å². The molecule has 18 N–H and O–H groups in total. The molecule has 1 heterocycles. The molecule has 26 nitrogen and oxygen atoms in total. The van der Waals surface area contributed by atoms with Crippen molar-refractivity contribution in [2.75, 3.05) is 39.3 Å². The first-order valence-electron chi connectivity index (χ1n) is 22.5. The zero-order valence-electron chi connectivity index (χ0n) is 39.0. The molecule has 0 spiro atoms. The highest BCUT2D eigenvalue weighted by Gasteiger charge is 2.42. The van der Waals surface area contributed by atoms with Crippen LogP contribution in [0.4, 0.5) is 0 Å². The Balaban J connectivity index is 3.25. The number of hydrogen-bond acceptors (Lipinski definition) is 16. The second-order valence-corrected chi connectivity index (χ2v) is 16.9. The van der Waals surface area contributed by atoms with Crippen LogP contribution in [0.5, 0.6) is 0 Å². The molecule has 1 aliphatic rings. The number of carbonyl (C=O) groups is 10. The Bertz CT molecular complexity index is 1690. The number of unbranched alkanes of at least 4 members (excludes halogenated alkanes) is 2. The summed E-state index contributed by atoms with van der Waals surface area (Å²) in [7, 11) is 0. The normalized spacial score (nSPS) is 17.5. The number of aliphatic hydroxyl groups is 3. The van der Waals surface area contributed by atoms with E-state index in [9.17, 15) is 58.2 Å². The van der Waals surface area contributed by atoms with Gasteiger partial charge in [0.15, 0.2) is 0 Å². The quantitative estimate of drug-likeness (QED) is 0.0287. The fourth-order valence-corrected chi connectivity index (χ4v) is 6.83. The summed E-state index contributed by atoms with van der Waals surface area (Å²) in [4.78, 5) is 131. The molecular formula is C41H74N12O14. The monoisotopic (exact) mass is 959 g/mol. The molecule has 0 saturated carbocycles. The first-order valence-corrected chi connectivity index (χ1v) is 22.5. The van der Waals surface area contributed by atoms with Crippen LogP contribution in [0.3, 0.4) is 0 Å². The van der Waals surface area contributed by atoms with Crippen LogP contribution in [0, 0.1) is 5.92 Å². The van der Waals surface area contributed by atoms with Gasteiger partial charge < -0.3 is 85.1 Å². The molecule has 0 aromatic rings. The van der Waals surface area contributed by atoms with Gasteiger partial charge in [-0.25, -0.2) is 0 Å². The van der Waals surface area contributed by atoms with E-state index in [0.717, 1.165) is 4.90 Å². The number of hydrogen-bond donors (Lipinski definition) is 15. The smallest absolute Gasteiger partial charge is 0.322 e. The number of aliphatic carboxylic acids is 1. The molecule has 0 aromatic carbocycles. The van der Waals surface area contributed by atoms with Crippen LogP contribution in [0.2, 0.25) is 0 Å². The van der Waals surface area contributed by atoms with Gasteiger partial charge in [0, 0.05) is 6.54 Å². The third-order valence-electron chi connectivity index (χ3n) is 10.6. The highest BCUT2D eigenvalue weighted by Crippen LogP contribution is 2.20. The number of amides is 9. The summed E-state index contributed by atoms with van der Waals surface area (Å²) >= 11 is 0. The number of aliphatic hydroxyl groups excluding tert-OH is 3. The first-order chi connectivity index (χ1) is 31.5. The van der Waals surface area contributed by atoms with E-state index in [0.29, 0.717) is 32.1 Å². The Morgan fingerprint density at radius 3 is 1.69 bits per heavy atom. The van der Waals surface area contributed by atoms with Gasteiger partial charge in [-0.2, -0.15) is 0 Å². The molecule has 1 saturated heterocycles. The average Bonchev–Trinajstić information content (AvgIpc) is 3.77. The Kier molecular flexibility index (Phi) is 27.2. The largest absolute Gasteiger partial charge is 0.480 e. The fraction of sp³-hybridized carbons (Fsp3) is 0.756. The molecule has 1 fully saturated rings. The standard InChI is InChI=1S/C41H74N12O14/c1-21(2)17-28(36(62)46-18-30(57)45-19-31(58)59)50-37(63)26(11-6-8-14-42)49-39(65)29-13-10-16-53(29)41(67)33(24(5)56)52-40(66)32(23(4)55)51-38(64)27(12-7-9-15-43)48-34(60)22(3)47-35(61)25(44)20-54/h21-29,32-33,54-56H,6-20,42-44H2,1-5H3,(H,45,57)(H,46,62)(H,47,61)(H,48,60)(H,49,65)(H,50,63)(H,51,64)(H,52,66)(H,58,59)/t22-,23+,24+,25-,26-,27-,28-,29-,32-,33-/m0/s1. The molecule has 9 amide bonds. The zero-order valence-corrected chi connectivity index (χ0v) is 39.0. The van der Waals surface area contributed by atoms with Crippen LogP contribution in [-0.4, -0.2) is 184 Å². The van der Waals surface area contributed by atoms with Gasteiger partial charge in [-0.3, -0.25) is 47.9 Å². The molecule has 0 aliphatic carbocycles. The summed E-state index contributed by atoms with van der Waals surface area (Å²) in [6.07, 6.45) is -0.857. The van der Waals surface area contributed by atoms with E-state index in [1.807, 2.05) is 0 Å². The summed E-state index contributed by atoms with van der Waals surface area (Å²) in [5.41, 5.74) is 16.8. The van der Waals surface area contributed by atoms with E-state index in [4.69, 9.17) is 27.4 Å². The van der Waals surface area contributed by atoms with Crippen molar-refractivity contribution in [2.24, 2.45) is 23.1 Å². The molecule has 10 atom stereocenters. The predicted molar refractivity (Wildman–Crippen MR) is 239 cm³/mol. The van der Waals surface area contributed by atoms with Crippen molar-refractivity contribution in [3.63, 3.8) is 0 Å². The van der Waals surface area contributed by atoms with Crippen molar-refractivity contribution in [3.8, 4) is 0 Å². The maximum atomic E-state index is 14.1. The molecule has 67 heavy (non-hydrogen) atoms. The zero-order chi connectivity index (χ0) is 51.0. The lowest BCUT2D eigenvalue weighted by molar-refractivity contribution is -0.145. The molecule has 382 valence electrons. The lowest BCUT2D eigenvalue weighted by Crippen LogP contribution is -2.63. The summed E-state index contributed by atoms with van der Waals surface area (Å²) in [6.45, 7) is 5.89. The molecule has 0 radical (unpaired) electrons. The van der Waals surface area contributed by atoms with Crippen molar-refractivity contribution in [2.45, 2.75) is 153 Å². The maximum Gasteiger partial charge on any atom is 0.322 e. The molecule has 26 heteroatoms. The number of nitrogens with zero attached hydrogens (tertiary/aromatic N) is 1. The van der Waals surface area contributed by atoms with Crippen molar-refractivity contribution >= 4 is 59.1 Å². The summed E-state index contributed by atoms with van der Waals surface area (Å²) < 4.78 is 0. The Morgan fingerprint density at radius 2 is 1.16 bits per heavy atom. The van der Waals surface area contributed by atoms with Gasteiger partial charge in [-0.05, 0) is 97.6 Å². The van der Waals surface area contributed by atoms with E-state index in [1.54, 1.807) is 13.8 Å². The van der Waals surface area contributed by atoms with Crippen molar-refractivity contribution in [1.29, 1.82) is 0 Å². The Morgan fingerprint density at radius 1 is 0.627 bits per heavy atom. The number of carboxylic acids is 1.